The first kappa shape index (κ1) is 28.7. The predicted molar refractivity (Wildman–Crippen MR) is 154 cm³/mol. The van der Waals surface area contributed by atoms with E-state index in [1.807, 2.05) is 48.5 Å². The lowest BCUT2D eigenvalue weighted by atomic mass is 9.98. The van der Waals surface area contributed by atoms with E-state index in [0.717, 1.165) is 22.4 Å². The van der Waals surface area contributed by atoms with Crippen LogP contribution in [0.1, 0.15) is 16.7 Å². The van der Waals surface area contributed by atoms with Gasteiger partial charge in [0.15, 0.2) is 0 Å². The second kappa shape index (κ2) is 12.4. The zero-order valence-electron chi connectivity index (χ0n) is 23.9. The normalized spacial score (nSPS) is 19.0. The topological polar surface area (TPSA) is 115 Å². The molecule has 11 heteroatoms. The number of likely N-dealkylation sites (N-methyl/N-ethyl adjacent to an activating group) is 1. The van der Waals surface area contributed by atoms with Crippen molar-refractivity contribution in [1.29, 1.82) is 0 Å². The van der Waals surface area contributed by atoms with Gasteiger partial charge in [-0.15, -0.1) is 0 Å². The summed E-state index contributed by atoms with van der Waals surface area (Å²) < 4.78 is 10.5. The number of nitrogens with zero attached hydrogens (tertiary/aromatic N) is 4. The van der Waals surface area contributed by atoms with E-state index in [2.05, 4.69) is 5.32 Å². The second-order valence-electron chi connectivity index (χ2n) is 10.4. The van der Waals surface area contributed by atoms with Crippen LogP contribution in [0.5, 0.6) is 17.2 Å². The van der Waals surface area contributed by atoms with Gasteiger partial charge in [-0.1, -0.05) is 36.4 Å². The van der Waals surface area contributed by atoms with E-state index in [0.29, 0.717) is 12.3 Å². The summed E-state index contributed by atoms with van der Waals surface area (Å²) in [4.78, 5) is 44.3. The lowest BCUT2D eigenvalue weighted by Gasteiger charge is -2.54. The van der Waals surface area contributed by atoms with E-state index in [1.54, 1.807) is 60.3 Å². The number of amides is 4. The SMILES string of the molecule is COc1ccc(CNC(=O)N2[C@H]3CN(Cc4ccc(OC)cc4)C(=O)C(Cc4ccc(O)cc4)N3C(=O)CN2C)cc1. The highest BCUT2D eigenvalue weighted by atomic mass is 16.5. The van der Waals surface area contributed by atoms with Crippen LogP contribution >= 0.6 is 0 Å². The van der Waals surface area contributed by atoms with Crippen LogP contribution in [0, 0.1) is 0 Å². The molecule has 1 unspecified atom stereocenters. The van der Waals surface area contributed by atoms with Gasteiger partial charge in [-0.25, -0.2) is 14.8 Å². The van der Waals surface area contributed by atoms with Gasteiger partial charge in [0.2, 0.25) is 11.8 Å². The van der Waals surface area contributed by atoms with Gasteiger partial charge in [-0.2, -0.15) is 0 Å². The molecular formula is C31H35N5O6. The number of phenols is 1. The zero-order chi connectivity index (χ0) is 29.8. The lowest BCUT2D eigenvalue weighted by Crippen LogP contribution is -2.76. The number of urea groups is 1. The molecule has 3 aromatic carbocycles. The smallest absolute Gasteiger partial charge is 0.334 e. The molecule has 2 heterocycles. The van der Waals surface area contributed by atoms with Crippen LogP contribution in [0.2, 0.25) is 0 Å². The fourth-order valence-electron chi connectivity index (χ4n) is 5.46. The number of carbonyl (C=O) groups excluding carboxylic acids is 3. The summed E-state index contributed by atoms with van der Waals surface area (Å²) in [5.74, 6) is 1.11. The van der Waals surface area contributed by atoms with E-state index in [4.69, 9.17) is 9.47 Å². The summed E-state index contributed by atoms with van der Waals surface area (Å²) in [7, 11) is 4.88. The lowest BCUT2D eigenvalue weighted by molar-refractivity contribution is -0.187. The fourth-order valence-corrected chi connectivity index (χ4v) is 5.46. The highest BCUT2D eigenvalue weighted by Crippen LogP contribution is 2.29. The molecule has 2 fully saturated rings. The van der Waals surface area contributed by atoms with Crippen molar-refractivity contribution in [2.75, 3.05) is 34.4 Å². The zero-order valence-corrected chi connectivity index (χ0v) is 23.9. The number of hydrogen-bond donors (Lipinski definition) is 2. The molecule has 2 N–H and O–H groups in total. The van der Waals surface area contributed by atoms with Gasteiger partial charge in [0.05, 0.1) is 27.3 Å². The minimum absolute atomic E-state index is 0.0513. The van der Waals surface area contributed by atoms with Crippen LogP contribution in [0.15, 0.2) is 72.8 Å². The maximum atomic E-state index is 14.0. The van der Waals surface area contributed by atoms with Crippen molar-refractivity contribution in [2.24, 2.45) is 0 Å². The molecule has 5 rings (SSSR count). The first-order valence-corrected chi connectivity index (χ1v) is 13.7. The van der Waals surface area contributed by atoms with Gasteiger partial charge in [0.25, 0.3) is 0 Å². The van der Waals surface area contributed by atoms with Gasteiger partial charge in [0.1, 0.15) is 29.5 Å². The Labute approximate surface area is 244 Å². The minimum atomic E-state index is -0.829. The summed E-state index contributed by atoms with van der Waals surface area (Å²) in [5, 5.41) is 15.9. The molecule has 0 saturated carbocycles. The van der Waals surface area contributed by atoms with Gasteiger partial charge >= 0.3 is 6.03 Å². The molecule has 3 aromatic rings. The number of ether oxygens (including phenoxy) is 2. The van der Waals surface area contributed by atoms with Crippen molar-refractivity contribution in [3.8, 4) is 17.2 Å². The monoisotopic (exact) mass is 573 g/mol. The third kappa shape index (κ3) is 6.10. The van der Waals surface area contributed by atoms with Crippen LogP contribution in [0.4, 0.5) is 4.79 Å². The third-order valence-electron chi connectivity index (χ3n) is 7.65. The number of benzene rings is 3. The number of aromatic hydroxyl groups is 1. The van der Waals surface area contributed by atoms with Crippen molar-refractivity contribution in [3.05, 3.63) is 89.5 Å². The molecule has 0 radical (unpaired) electrons. The third-order valence-corrected chi connectivity index (χ3v) is 7.65. The molecule has 0 bridgehead atoms. The average Bonchev–Trinajstić information content (AvgIpc) is 2.99. The molecule has 0 spiro atoms. The van der Waals surface area contributed by atoms with Crippen molar-refractivity contribution in [2.45, 2.75) is 31.7 Å². The molecule has 220 valence electrons. The molecular weight excluding hydrogens is 538 g/mol. The quantitative estimate of drug-likeness (QED) is 0.426. The molecule has 0 aromatic heterocycles. The molecule has 4 amide bonds. The maximum Gasteiger partial charge on any atom is 0.334 e. The largest absolute Gasteiger partial charge is 0.508 e. The minimum Gasteiger partial charge on any atom is -0.508 e. The Kier molecular flexibility index (Phi) is 8.48. The van der Waals surface area contributed by atoms with Crippen molar-refractivity contribution >= 4 is 17.8 Å². The number of hydrogen-bond acceptors (Lipinski definition) is 7. The number of nitrogens with one attached hydrogen (secondary N) is 1. The maximum absolute atomic E-state index is 14.0. The first-order valence-electron chi connectivity index (χ1n) is 13.7. The van der Waals surface area contributed by atoms with E-state index in [9.17, 15) is 19.5 Å². The highest BCUT2D eigenvalue weighted by molar-refractivity contribution is 5.91. The molecule has 42 heavy (non-hydrogen) atoms. The van der Waals surface area contributed by atoms with Crippen LogP contribution in [-0.4, -0.2) is 89.3 Å². The van der Waals surface area contributed by atoms with E-state index in [-0.39, 0.29) is 49.7 Å². The number of piperazine rings is 1. The molecule has 2 aliphatic heterocycles. The molecule has 2 atom stereocenters. The predicted octanol–water partition coefficient (Wildman–Crippen LogP) is 2.59. The highest BCUT2D eigenvalue weighted by Gasteiger charge is 2.50. The van der Waals surface area contributed by atoms with Crippen LogP contribution in [0.25, 0.3) is 0 Å². The number of rotatable bonds is 8. The standard InChI is InChI=1S/C31H35N5O6/c1-33-20-29(38)35-27(16-21-4-10-24(37)11-5-21)30(39)34(18-23-8-14-26(42-3)15-9-23)19-28(35)36(33)31(40)32-17-22-6-12-25(41-2)13-7-22/h4-15,27-28,37H,16-20H2,1-3H3,(H,32,40)/t27?,28-/m0/s1. The molecule has 11 nitrogen and oxygen atoms in total. The molecule has 2 aliphatic rings. The molecule has 0 aliphatic carbocycles. The fraction of sp³-hybridized carbons (Fsp3) is 0.323. The van der Waals surface area contributed by atoms with E-state index < -0.39 is 12.2 Å². The second-order valence-corrected chi connectivity index (χ2v) is 10.4. The Hall–Kier alpha value is -4.77. The number of methoxy groups -OCH3 is 2. The van der Waals surface area contributed by atoms with E-state index in [1.165, 1.54) is 5.01 Å². The number of fused-ring (bicyclic) bond motifs is 1. The Morgan fingerprint density at radius 3 is 2.05 bits per heavy atom. The van der Waals surface area contributed by atoms with Crippen LogP contribution < -0.4 is 14.8 Å². The van der Waals surface area contributed by atoms with Gasteiger partial charge in [0, 0.05) is 26.6 Å². The van der Waals surface area contributed by atoms with Crippen molar-refractivity contribution in [1.82, 2.24) is 25.1 Å². The number of phenolic OH excluding ortho intramolecular Hbond substituents is 1. The summed E-state index contributed by atoms with van der Waals surface area (Å²) in [6, 6.07) is 20.2. The first-order chi connectivity index (χ1) is 20.3. The van der Waals surface area contributed by atoms with Crippen molar-refractivity contribution in [3.63, 3.8) is 0 Å². The summed E-state index contributed by atoms with van der Waals surface area (Å²) in [6.07, 6.45) is -0.476. The van der Waals surface area contributed by atoms with Gasteiger partial charge in [-0.05, 0) is 53.1 Å². The Bertz CT molecular complexity index is 1410. The Morgan fingerprint density at radius 2 is 1.45 bits per heavy atom. The van der Waals surface area contributed by atoms with Gasteiger partial charge in [-0.3, -0.25) is 9.59 Å². The summed E-state index contributed by atoms with van der Waals surface area (Å²) in [5.41, 5.74) is 2.58. The van der Waals surface area contributed by atoms with Crippen LogP contribution in [0.3, 0.4) is 0 Å². The summed E-state index contributed by atoms with van der Waals surface area (Å²) >= 11 is 0. The summed E-state index contributed by atoms with van der Waals surface area (Å²) in [6.45, 7) is 0.672. The Morgan fingerprint density at radius 1 is 0.881 bits per heavy atom. The Balaban J connectivity index is 1.43. The average molecular weight is 574 g/mol. The van der Waals surface area contributed by atoms with Crippen molar-refractivity contribution < 1.29 is 29.0 Å². The van der Waals surface area contributed by atoms with Crippen LogP contribution in [-0.2, 0) is 29.1 Å². The number of hydrazine groups is 1. The van der Waals surface area contributed by atoms with E-state index >= 15 is 0 Å². The van der Waals surface area contributed by atoms with Gasteiger partial charge < -0.3 is 29.7 Å². The molecule has 2 saturated heterocycles. The number of carbonyl (C=O) groups is 3.